The number of furan rings is 1. The summed E-state index contributed by atoms with van der Waals surface area (Å²) in [5.41, 5.74) is 18.8. The first kappa shape index (κ1) is 36.6. The van der Waals surface area contributed by atoms with Gasteiger partial charge in [-0.15, -0.1) is 0 Å². The molecule has 11 aromatic rings. The van der Waals surface area contributed by atoms with Crippen molar-refractivity contribution in [2.45, 2.75) is 5.41 Å². The molecule has 1 aliphatic carbocycles. The lowest BCUT2D eigenvalue weighted by Gasteiger charge is -2.33. The van der Waals surface area contributed by atoms with Crippen LogP contribution in [0.5, 0.6) is 0 Å². The fourth-order valence-electron chi connectivity index (χ4n) is 10.1. The molecule has 0 atom stereocenters. The molecular weight excluding hydrogens is 763 g/mol. The quantitative estimate of drug-likeness (QED) is 0.152. The zero-order chi connectivity index (χ0) is 41.7. The predicted octanol–water partition coefficient (Wildman–Crippen LogP) is 16.4. The predicted molar refractivity (Wildman–Crippen MR) is 262 cm³/mol. The van der Waals surface area contributed by atoms with Crippen LogP contribution in [0.3, 0.4) is 0 Å². The standard InChI is InChI=1S/C61H41NO/c1-5-18-42(19-6-1)45-32-35-50(36-33-45)62(51-39-46(43-20-7-2-8-21-43)38-47(40-51)44-22-9-3-10-23-44)57-30-17-31-58-60(57)54-37-34-49(41-59(54)63-58)61(48-24-11-4-12-25-48)55-28-15-13-26-52(55)53-27-14-16-29-56(53)61/h1-41H. The summed E-state index contributed by atoms with van der Waals surface area (Å²) in [6.45, 7) is 0. The minimum atomic E-state index is -0.525. The summed E-state index contributed by atoms with van der Waals surface area (Å²) < 4.78 is 7.01. The Morgan fingerprint density at radius 1 is 0.317 bits per heavy atom. The third kappa shape index (κ3) is 6.02. The maximum absolute atomic E-state index is 7.01. The number of hydrogen-bond donors (Lipinski definition) is 0. The maximum atomic E-state index is 7.01. The van der Waals surface area contributed by atoms with Crippen LogP contribution in [0, 0.1) is 0 Å². The van der Waals surface area contributed by atoms with Crippen molar-refractivity contribution in [2.24, 2.45) is 0 Å². The van der Waals surface area contributed by atoms with E-state index in [9.17, 15) is 0 Å². The molecule has 0 saturated heterocycles. The van der Waals surface area contributed by atoms with E-state index in [1.54, 1.807) is 0 Å². The topological polar surface area (TPSA) is 16.4 Å². The number of benzene rings is 10. The number of fused-ring (bicyclic) bond motifs is 6. The molecule has 0 radical (unpaired) electrons. The van der Waals surface area contributed by atoms with Gasteiger partial charge in [0.15, 0.2) is 0 Å². The van der Waals surface area contributed by atoms with Crippen molar-refractivity contribution < 1.29 is 4.42 Å². The molecule has 1 heterocycles. The van der Waals surface area contributed by atoms with E-state index in [0.29, 0.717) is 0 Å². The molecular formula is C61H41NO. The fourth-order valence-corrected chi connectivity index (χ4v) is 10.1. The van der Waals surface area contributed by atoms with Gasteiger partial charge in [-0.25, -0.2) is 0 Å². The van der Waals surface area contributed by atoms with E-state index < -0.39 is 5.41 Å². The van der Waals surface area contributed by atoms with E-state index in [0.717, 1.165) is 61.3 Å². The Labute approximate surface area is 367 Å². The third-order valence-electron chi connectivity index (χ3n) is 12.9. The number of nitrogens with zero attached hydrogens (tertiary/aromatic N) is 1. The van der Waals surface area contributed by atoms with Crippen LogP contribution in [-0.4, -0.2) is 0 Å². The number of hydrogen-bond acceptors (Lipinski definition) is 2. The molecule has 1 aromatic heterocycles. The molecule has 10 aromatic carbocycles. The van der Waals surface area contributed by atoms with Gasteiger partial charge >= 0.3 is 0 Å². The van der Waals surface area contributed by atoms with Crippen LogP contribution >= 0.6 is 0 Å². The molecule has 12 rings (SSSR count). The zero-order valence-electron chi connectivity index (χ0n) is 34.5. The fraction of sp³-hybridized carbons (Fsp3) is 0.0164. The van der Waals surface area contributed by atoms with Crippen molar-refractivity contribution in [3.8, 4) is 44.5 Å². The molecule has 0 bridgehead atoms. The van der Waals surface area contributed by atoms with Crippen LogP contribution < -0.4 is 4.90 Å². The summed E-state index contributed by atoms with van der Waals surface area (Å²) in [4.78, 5) is 2.41. The van der Waals surface area contributed by atoms with Gasteiger partial charge < -0.3 is 9.32 Å². The SMILES string of the molecule is c1ccc(-c2ccc(N(c3cc(-c4ccccc4)cc(-c4ccccc4)c3)c3cccc4oc5cc(C6(c7ccccc7)c7ccccc7-c7ccccc76)ccc5c34)cc2)cc1. The molecule has 0 spiro atoms. The Morgan fingerprint density at radius 2 is 0.825 bits per heavy atom. The summed E-state index contributed by atoms with van der Waals surface area (Å²) >= 11 is 0. The van der Waals surface area contributed by atoms with Crippen LogP contribution in [0.1, 0.15) is 22.3 Å². The molecule has 0 amide bonds. The monoisotopic (exact) mass is 803 g/mol. The van der Waals surface area contributed by atoms with Gasteiger partial charge in [0.05, 0.1) is 16.5 Å². The van der Waals surface area contributed by atoms with Gasteiger partial charge in [-0.1, -0.05) is 200 Å². The Morgan fingerprint density at radius 3 is 1.41 bits per heavy atom. The highest BCUT2D eigenvalue weighted by molar-refractivity contribution is 6.14. The molecule has 63 heavy (non-hydrogen) atoms. The first-order chi connectivity index (χ1) is 31.2. The van der Waals surface area contributed by atoms with Gasteiger partial charge in [-0.05, 0) is 115 Å². The molecule has 2 heteroatoms. The van der Waals surface area contributed by atoms with Gasteiger partial charge in [0.25, 0.3) is 0 Å². The Hall–Kier alpha value is -8.20. The average molecular weight is 804 g/mol. The van der Waals surface area contributed by atoms with E-state index in [1.807, 2.05) is 0 Å². The smallest absolute Gasteiger partial charge is 0.137 e. The molecule has 0 aliphatic heterocycles. The average Bonchev–Trinajstić information content (AvgIpc) is 3.89. The molecule has 296 valence electrons. The van der Waals surface area contributed by atoms with Crippen LogP contribution in [0.25, 0.3) is 66.4 Å². The highest BCUT2D eigenvalue weighted by Gasteiger charge is 2.46. The number of rotatable bonds is 8. The maximum Gasteiger partial charge on any atom is 0.137 e. The minimum absolute atomic E-state index is 0.525. The van der Waals surface area contributed by atoms with E-state index in [1.165, 1.54) is 44.5 Å². The lowest BCUT2D eigenvalue weighted by molar-refractivity contribution is 0.665. The van der Waals surface area contributed by atoms with Crippen molar-refractivity contribution in [1.29, 1.82) is 0 Å². The lowest BCUT2D eigenvalue weighted by Crippen LogP contribution is -2.28. The lowest BCUT2D eigenvalue weighted by atomic mass is 9.67. The highest BCUT2D eigenvalue weighted by atomic mass is 16.3. The van der Waals surface area contributed by atoms with Crippen LogP contribution in [0.15, 0.2) is 253 Å². The highest BCUT2D eigenvalue weighted by Crippen LogP contribution is 2.57. The molecule has 0 fully saturated rings. The van der Waals surface area contributed by atoms with Crippen molar-refractivity contribution in [3.63, 3.8) is 0 Å². The second-order valence-electron chi connectivity index (χ2n) is 16.4. The zero-order valence-corrected chi connectivity index (χ0v) is 34.5. The Bertz CT molecular complexity index is 3320. The minimum Gasteiger partial charge on any atom is -0.456 e. The second-order valence-corrected chi connectivity index (χ2v) is 16.4. The van der Waals surface area contributed by atoms with E-state index >= 15 is 0 Å². The third-order valence-corrected chi connectivity index (χ3v) is 12.9. The normalized spacial score (nSPS) is 12.6. The summed E-state index contributed by atoms with van der Waals surface area (Å²) in [5.74, 6) is 0. The first-order valence-electron chi connectivity index (χ1n) is 21.7. The van der Waals surface area contributed by atoms with Gasteiger partial charge in [-0.3, -0.25) is 0 Å². The van der Waals surface area contributed by atoms with Gasteiger partial charge in [0.2, 0.25) is 0 Å². The molecule has 0 saturated carbocycles. The molecule has 0 unspecified atom stereocenters. The Kier molecular flexibility index (Phi) is 8.76. The summed E-state index contributed by atoms with van der Waals surface area (Å²) in [5, 5.41) is 2.14. The number of anilines is 3. The van der Waals surface area contributed by atoms with Gasteiger partial charge in [-0.2, -0.15) is 0 Å². The van der Waals surface area contributed by atoms with Crippen molar-refractivity contribution in [1.82, 2.24) is 0 Å². The van der Waals surface area contributed by atoms with E-state index in [4.69, 9.17) is 4.42 Å². The van der Waals surface area contributed by atoms with E-state index in [2.05, 4.69) is 254 Å². The Balaban J connectivity index is 1.09. The van der Waals surface area contributed by atoms with Crippen LogP contribution in [0.2, 0.25) is 0 Å². The van der Waals surface area contributed by atoms with Gasteiger partial charge in [0, 0.05) is 16.8 Å². The molecule has 0 N–H and O–H groups in total. The molecule has 1 aliphatic rings. The van der Waals surface area contributed by atoms with Gasteiger partial charge in [0.1, 0.15) is 11.2 Å². The van der Waals surface area contributed by atoms with Crippen molar-refractivity contribution in [3.05, 3.63) is 271 Å². The van der Waals surface area contributed by atoms with Crippen molar-refractivity contribution in [2.75, 3.05) is 4.90 Å². The van der Waals surface area contributed by atoms with E-state index in [-0.39, 0.29) is 0 Å². The van der Waals surface area contributed by atoms with Crippen LogP contribution in [0.4, 0.5) is 17.1 Å². The first-order valence-corrected chi connectivity index (χ1v) is 21.7. The van der Waals surface area contributed by atoms with Crippen molar-refractivity contribution >= 4 is 39.0 Å². The summed E-state index contributed by atoms with van der Waals surface area (Å²) in [6.07, 6.45) is 0. The van der Waals surface area contributed by atoms with Crippen LogP contribution in [-0.2, 0) is 5.41 Å². The molecule has 2 nitrogen and oxygen atoms in total. The summed E-state index contributed by atoms with van der Waals surface area (Å²) in [7, 11) is 0. The second kappa shape index (κ2) is 15.1. The summed E-state index contributed by atoms with van der Waals surface area (Å²) in [6, 6.07) is 90.0. The largest absolute Gasteiger partial charge is 0.456 e.